The number of aromatic nitrogens is 4. The van der Waals surface area contributed by atoms with E-state index in [1.54, 1.807) is 23.1 Å². The smallest absolute Gasteiger partial charge is 0.257 e. The molecule has 1 aromatic carbocycles. The molecule has 0 saturated carbocycles. The molecule has 1 unspecified atom stereocenters. The minimum absolute atomic E-state index is 0.00973. The number of carbonyl (C=O) groups is 1. The first-order chi connectivity index (χ1) is 14.8. The first kappa shape index (κ1) is 21.0. The van der Waals surface area contributed by atoms with Gasteiger partial charge in [-0.2, -0.15) is 5.10 Å². The number of piperidine rings is 1. The van der Waals surface area contributed by atoms with Crippen molar-refractivity contribution in [3.05, 3.63) is 59.4 Å². The number of aryl methyl sites for hydroxylation is 2. The normalized spacial score (nSPS) is 16.4. The number of hydrogen-bond acceptors (Lipinski definition) is 5. The van der Waals surface area contributed by atoms with Crippen LogP contribution < -0.4 is 4.90 Å². The van der Waals surface area contributed by atoms with Crippen molar-refractivity contribution < 1.29 is 9.18 Å². The lowest BCUT2D eigenvalue weighted by atomic mass is 9.89. The molecule has 1 aliphatic heterocycles. The molecule has 0 N–H and O–H groups in total. The lowest BCUT2D eigenvalue weighted by molar-refractivity contribution is 0.0705. The Morgan fingerprint density at radius 1 is 1.29 bits per heavy atom. The van der Waals surface area contributed by atoms with Gasteiger partial charge in [-0.1, -0.05) is 12.1 Å². The summed E-state index contributed by atoms with van der Waals surface area (Å²) in [7, 11) is 5.60. The van der Waals surface area contributed by atoms with E-state index in [-0.39, 0.29) is 17.6 Å². The van der Waals surface area contributed by atoms with E-state index in [9.17, 15) is 9.18 Å². The average Bonchev–Trinajstić information content (AvgIpc) is 3.10. The number of anilines is 1. The van der Waals surface area contributed by atoms with Gasteiger partial charge in [0.2, 0.25) is 5.95 Å². The number of nitrogens with zero attached hydrogens (tertiary/aromatic N) is 6. The van der Waals surface area contributed by atoms with E-state index in [4.69, 9.17) is 4.98 Å². The zero-order valence-corrected chi connectivity index (χ0v) is 18.3. The van der Waals surface area contributed by atoms with Crippen molar-refractivity contribution in [2.45, 2.75) is 25.7 Å². The number of likely N-dealkylation sites (tertiary alicyclic amines) is 1. The molecule has 0 spiro atoms. The molecule has 0 bridgehead atoms. The third-order valence-corrected chi connectivity index (χ3v) is 5.68. The molecular weight excluding hydrogens is 395 g/mol. The van der Waals surface area contributed by atoms with Gasteiger partial charge in [0.05, 0.1) is 17.0 Å². The molecule has 4 rings (SSSR count). The lowest BCUT2D eigenvalue weighted by Gasteiger charge is -2.33. The Morgan fingerprint density at radius 2 is 2.10 bits per heavy atom. The number of halogens is 1. The van der Waals surface area contributed by atoms with Crippen LogP contribution in [0.5, 0.6) is 0 Å². The van der Waals surface area contributed by atoms with E-state index in [0.717, 1.165) is 35.4 Å². The summed E-state index contributed by atoms with van der Waals surface area (Å²) in [6.45, 7) is 3.11. The van der Waals surface area contributed by atoms with Crippen molar-refractivity contribution in [1.29, 1.82) is 0 Å². The maximum atomic E-state index is 13.9. The van der Waals surface area contributed by atoms with Crippen molar-refractivity contribution in [2.75, 3.05) is 32.1 Å². The summed E-state index contributed by atoms with van der Waals surface area (Å²) in [5.41, 5.74) is 3.76. The predicted molar refractivity (Wildman–Crippen MR) is 118 cm³/mol. The van der Waals surface area contributed by atoms with Gasteiger partial charge in [-0.05, 0) is 37.5 Å². The van der Waals surface area contributed by atoms with Crippen molar-refractivity contribution >= 4 is 11.9 Å². The Balaban J connectivity index is 1.69. The van der Waals surface area contributed by atoms with Gasteiger partial charge in [0.1, 0.15) is 5.82 Å². The minimum Gasteiger partial charge on any atom is -0.347 e. The van der Waals surface area contributed by atoms with E-state index in [1.165, 1.54) is 12.1 Å². The number of amides is 1. The largest absolute Gasteiger partial charge is 0.347 e. The summed E-state index contributed by atoms with van der Waals surface area (Å²) in [5, 5.41) is 4.30. The van der Waals surface area contributed by atoms with Gasteiger partial charge in [0, 0.05) is 58.1 Å². The highest BCUT2D eigenvalue weighted by Crippen LogP contribution is 2.34. The van der Waals surface area contributed by atoms with Crippen LogP contribution in [0.4, 0.5) is 10.3 Å². The van der Waals surface area contributed by atoms with Gasteiger partial charge in [0.25, 0.3) is 5.91 Å². The lowest BCUT2D eigenvalue weighted by Crippen LogP contribution is -2.39. The maximum Gasteiger partial charge on any atom is 0.257 e. The van der Waals surface area contributed by atoms with Gasteiger partial charge < -0.3 is 9.80 Å². The molecule has 1 saturated heterocycles. The van der Waals surface area contributed by atoms with Crippen LogP contribution >= 0.6 is 0 Å². The first-order valence-electron chi connectivity index (χ1n) is 10.4. The molecule has 162 valence electrons. The Bertz CT molecular complexity index is 1110. The number of hydrogen-bond donors (Lipinski definition) is 0. The molecule has 31 heavy (non-hydrogen) atoms. The highest BCUT2D eigenvalue weighted by atomic mass is 19.1. The summed E-state index contributed by atoms with van der Waals surface area (Å²) in [6, 6.07) is 6.49. The summed E-state index contributed by atoms with van der Waals surface area (Å²) in [6.07, 6.45) is 5.31. The van der Waals surface area contributed by atoms with E-state index >= 15 is 0 Å². The van der Waals surface area contributed by atoms with E-state index in [1.807, 2.05) is 43.9 Å². The molecule has 0 radical (unpaired) electrons. The van der Waals surface area contributed by atoms with Crippen LogP contribution in [0.1, 0.15) is 40.5 Å². The van der Waals surface area contributed by atoms with Crippen LogP contribution in [0.25, 0.3) is 11.1 Å². The fourth-order valence-electron chi connectivity index (χ4n) is 4.16. The fraction of sp³-hybridized carbons (Fsp3) is 0.391. The molecular formula is C23H27FN6O. The van der Waals surface area contributed by atoms with Crippen molar-refractivity contribution in [3.63, 3.8) is 0 Å². The molecule has 7 nitrogen and oxygen atoms in total. The van der Waals surface area contributed by atoms with Gasteiger partial charge in [-0.25, -0.2) is 14.4 Å². The van der Waals surface area contributed by atoms with Crippen molar-refractivity contribution in [2.24, 2.45) is 7.05 Å². The summed E-state index contributed by atoms with van der Waals surface area (Å²) in [5.74, 6) is 0.327. The SMILES string of the molecule is Cc1nn(C)cc1C(=O)N1CCCC(c2nc(N(C)C)ncc2-c2cccc(F)c2)C1. The van der Waals surface area contributed by atoms with Crippen LogP contribution in [0.15, 0.2) is 36.7 Å². The molecule has 3 aromatic rings. The minimum atomic E-state index is -0.298. The van der Waals surface area contributed by atoms with E-state index < -0.39 is 0 Å². The van der Waals surface area contributed by atoms with Crippen molar-refractivity contribution in [1.82, 2.24) is 24.6 Å². The molecule has 1 aliphatic rings. The van der Waals surface area contributed by atoms with Crippen LogP contribution in [-0.4, -0.2) is 57.7 Å². The molecule has 1 atom stereocenters. The number of carbonyl (C=O) groups excluding carboxylic acids is 1. The summed E-state index contributed by atoms with van der Waals surface area (Å²) >= 11 is 0. The third-order valence-electron chi connectivity index (χ3n) is 5.68. The van der Waals surface area contributed by atoms with Crippen molar-refractivity contribution in [3.8, 4) is 11.1 Å². The molecule has 0 aliphatic carbocycles. The van der Waals surface area contributed by atoms with Gasteiger partial charge >= 0.3 is 0 Å². The number of benzene rings is 1. The van der Waals surface area contributed by atoms with Crippen LogP contribution in [0.2, 0.25) is 0 Å². The first-order valence-corrected chi connectivity index (χ1v) is 10.4. The monoisotopic (exact) mass is 422 g/mol. The standard InChI is InChI=1S/C23H27FN6O/c1-15-20(14-29(4)27-15)22(31)30-10-6-8-17(13-30)21-19(12-25-23(26-21)28(2)3)16-7-5-9-18(24)11-16/h5,7,9,11-12,14,17H,6,8,10,13H2,1-4H3. The van der Waals surface area contributed by atoms with Gasteiger partial charge in [-0.3, -0.25) is 9.48 Å². The van der Waals surface area contributed by atoms with Crippen LogP contribution in [0.3, 0.4) is 0 Å². The Kier molecular flexibility index (Phi) is 5.71. The molecule has 2 aromatic heterocycles. The number of rotatable bonds is 4. The Morgan fingerprint density at radius 3 is 2.77 bits per heavy atom. The highest BCUT2D eigenvalue weighted by molar-refractivity contribution is 5.95. The summed E-state index contributed by atoms with van der Waals surface area (Å²) in [4.78, 5) is 26.2. The zero-order valence-electron chi connectivity index (χ0n) is 18.3. The Hall–Kier alpha value is -3.29. The van der Waals surface area contributed by atoms with Gasteiger partial charge in [-0.15, -0.1) is 0 Å². The topological polar surface area (TPSA) is 67.2 Å². The van der Waals surface area contributed by atoms with Crippen LogP contribution in [0, 0.1) is 12.7 Å². The fourth-order valence-corrected chi connectivity index (χ4v) is 4.16. The van der Waals surface area contributed by atoms with E-state index in [0.29, 0.717) is 24.6 Å². The molecule has 1 amide bonds. The second kappa shape index (κ2) is 8.45. The summed E-state index contributed by atoms with van der Waals surface area (Å²) < 4.78 is 15.6. The maximum absolute atomic E-state index is 13.9. The molecule has 1 fully saturated rings. The van der Waals surface area contributed by atoms with Crippen LogP contribution in [-0.2, 0) is 7.05 Å². The van der Waals surface area contributed by atoms with E-state index in [2.05, 4.69) is 10.1 Å². The average molecular weight is 423 g/mol. The Labute approximate surface area is 181 Å². The second-order valence-electron chi connectivity index (χ2n) is 8.27. The predicted octanol–water partition coefficient (Wildman–Crippen LogP) is 3.41. The second-order valence-corrected chi connectivity index (χ2v) is 8.27. The third kappa shape index (κ3) is 4.28. The zero-order chi connectivity index (χ0) is 22.1. The molecule has 8 heteroatoms. The van der Waals surface area contributed by atoms with Gasteiger partial charge in [0.15, 0.2) is 0 Å². The highest BCUT2D eigenvalue weighted by Gasteiger charge is 2.30. The quantitative estimate of drug-likeness (QED) is 0.645. The molecule has 3 heterocycles.